The lowest BCUT2D eigenvalue weighted by atomic mass is 9.93. The van der Waals surface area contributed by atoms with Crippen LogP contribution in [0, 0.1) is 0 Å². The monoisotopic (exact) mass is 467 g/mol. The summed E-state index contributed by atoms with van der Waals surface area (Å²) in [6, 6.07) is 16.9. The fourth-order valence-electron chi connectivity index (χ4n) is 5.08. The Morgan fingerprint density at radius 2 is 1.66 bits per heavy atom. The molecule has 35 heavy (non-hydrogen) atoms. The minimum Gasteiger partial charge on any atom is -0.393 e. The van der Waals surface area contributed by atoms with Gasteiger partial charge in [0.25, 0.3) is 11.8 Å². The van der Waals surface area contributed by atoms with Crippen LogP contribution in [0.25, 0.3) is 16.7 Å². The van der Waals surface area contributed by atoms with Crippen LogP contribution < -0.4 is 5.32 Å². The van der Waals surface area contributed by atoms with Crippen LogP contribution in [0.3, 0.4) is 0 Å². The van der Waals surface area contributed by atoms with E-state index in [4.69, 9.17) is 4.98 Å². The van der Waals surface area contributed by atoms with Crippen molar-refractivity contribution < 1.29 is 14.7 Å². The molecule has 0 saturated heterocycles. The van der Waals surface area contributed by atoms with Gasteiger partial charge in [0.1, 0.15) is 5.82 Å². The van der Waals surface area contributed by atoms with E-state index in [1.54, 1.807) is 30.5 Å². The molecule has 1 aliphatic carbocycles. The summed E-state index contributed by atoms with van der Waals surface area (Å²) in [5.74, 6) is 0.770. The number of imide groups is 1. The topological polar surface area (TPSA) is 100 Å². The summed E-state index contributed by atoms with van der Waals surface area (Å²) in [5.41, 5.74) is 2.74. The molecule has 0 radical (unpaired) electrons. The Kier molecular flexibility index (Phi) is 5.30. The summed E-state index contributed by atoms with van der Waals surface area (Å²) in [7, 11) is 0. The Morgan fingerprint density at radius 1 is 0.914 bits per heavy atom. The quantitative estimate of drug-likeness (QED) is 0.432. The van der Waals surface area contributed by atoms with E-state index >= 15 is 0 Å². The third-order valence-electron chi connectivity index (χ3n) is 6.95. The van der Waals surface area contributed by atoms with Crippen LogP contribution in [-0.2, 0) is 6.54 Å². The molecule has 2 N–H and O–H groups in total. The molecule has 1 aliphatic heterocycles. The van der Waals surface area contributed by atoms with Crippen LogP contribution in [-0.4, -0.2) is 48.5 Å². The first-order valence-corrected chi connectivity index (χ1v) is 11.9. The lowest BCUT2D eigenvalue weighted by Gasteiger charge is -2.26. The number of carbonyl (C=O) groups excluding carboxylic acids is 2. The van der Waals surface area contributed by atoms with Gasteiger partial charge in [0.2, 0.25) is 5.95 Å². The standard InChI is InChI=1S/C27H25N5O3/c33-19-10-8-18(9-11-19)29-27-28-14-12-24(30-27)31-15-13-20-17(4-3-7-23(20)31)16-32-25(34)21-5-1-2-6-22(21)26(32)35/h1-7,12-15,18-19,33H,8-11,16H2,(H,28,29,30). The van der Waals surface area contributed by atoms with Crippen molar-refractivity contribution in [3.63, 3.8) is 0 Å². The second kappa shape index (κ2) is 8.63. The molecular weight excluding hydrogens is 442 g/mol. The Morgan fingerprint density at radius 3 is 2.40 bits per heavy atom. The number of nitrogens with one attached hydrogen (secondary N) is 1. The number of aliphatic hydroxyl groups is 1. The number of nitrogens with zero attached hydrogens (tertiary/aromatic N) is 4. The first-order chi connectivity index (χ1) is 17.1. The van der Waals surface area contributed by atoms with Gasteiger partial charge in [0.15, 0.2) is 0 Å². The molecule has 3 heterocycles. The van der Waals surface area contributed by atoms with Crippen molar-refractivity contribution in [2.45, 2.75) is 44.4 Å². The number of aliphatic hydroxyl groups excluding tert-OH is 1. The van der Waals surface area contributed by atoms with Crippen molar-refractivity contribution in [2.75, 3.05) is 5.32 Å². The van der Waals surface area contributed by atoms with E-state index in [0.717, 1.165) is 48.0 Å². The summed E-state index contributed by atoms with van der Waals surface area (Å²) in [4.78, 5) is 36.1. The molecule has 2 amide bonds. The van der Waals surface area contributed by atoms with Crippen molar-refractivity contribution in [1.29, 1.82) is 0 Å². The van der Waals surface area contributed by atoms with Gasteiger partial charge < -0.3 is 15.0 Å². The molecule has 1 fully saturated rings. The van der Waals surface area contributed by atoms with Gasteiger partial charge in [-0.05, 0) is 61.6 Å². The van der Waals surface area contributed by atoms with Crippen molar-refractivity contribution in [3.05, 3.63) is 83.7 Å². The zero-order chi connectivity index (χ0) is 23.9. The van der Waals surface area contributed by atoms with Gasteiger partial charge in [-0.1, -0.05) is 24.3 Å². The van der Waals surface area contributed by atoms with E-state index in [9.17, 15) is 14.7 Å². The fraction of sp³-hybridized carbons (Fsp3) is 0.259. The summed E-state index contributed by atoms with van der Waals surface area (Å²) in [6.07, 6.45) is 6.83. The molecule has 1 saturated carbocycles. The van der Waals surface area contributed by atoms with E-state index in [0.29, 0.717) is 17.1 Å². The number of aromatic nitrogens is 3. The van der Waals surface area contributed by atoms with Crippen LogP contribution in [0.15, 0.2) is 67.0 Å². The normalized spacial score (nSPS) is 19.9. The fourth-order valence-corrected chi connectivity index (χ4v) is 5.08. The number of amides is 2. The smallest absolute Gasteiger partial charge is 0.261 e. The third kappa shape index (κ3) is 3.85. The number of hydrogen-bond acceptors (Lipinski definition) is 6. The van der Waals surface area contributed by atoms with Gasteiger partial charge in [-0.3, -0.25) is 14.5 Å². The summed E-state index contributed by atoms with van der Waals surface area (Å²) in [5, 5.41) is 14.1. The SMILES string of the molecule is O=C1c2ccccc2C(=O)N1Cc1cccc2c1ccn2-c1ccnc(NC2CCC(O)CC2)n1. The predicted molar refractivity (Wildman–Crippen MR) is 131 cm³/mol. The molecule has 2 aromatic heterocycles. The number of rotatable bonds is 5. The highest BCUT2D eigenvalue weighted by molar-refractivity contribution is 6.21. The van der Waals surface area contributed by atoms with Gasteiger partial charge in [-0.25, -0.2) is 4.98 Å². The van der Waals surface area contributed by atoms with E-state index in [1.807, 2.05) is 41.1 Å². The third-order valence-corrected chi connectivity index (χ3v) is 6.95. The number of fused-ring (bicyclic) bond motifs is 2. The molecule has 2 aliphatic rings. The molecule has 176 valence electrons. The molecule has 0 atom stereocenters. The zero-order valence-electron chi connectivity index (χ0n) is 19.1. The van der Waals surface area contributed by atoms with E-state index < -0.39 is 0 Å². The molecule has 0 bridgehead atoms. The molecular formula is C27H25N5O3. The molecule has 6 rings (SSSR count). The molecule has 4 aromatic rings. The summed E-state index contributed by atoms with van der Waals surface area (Å²) >= 11 is 0. The van der Waals surface area contributed by atoms with E-state index in [2.05, 4.69) is 10.3 Å². The second-order valence-electron chi connectivity index (χ2n) is 9.17. The Bertz CT molecular complexity index is 1400. The van der Waals surface area contributed by atoms with Crippen LogP contribution >= 0.6 is 0 Å². The minimum atomic E-state index is -0.260. The van der Waals surface area contributed by atoms with Crippen molar-refractivity contribution in [1.82, 2.24) is 19.4 Å². The predicted octanol–water partition coefficient (Wildman–Crippen LogP) is 3.93. The van der Waals surface area contributed by atoms with E-state index in [-0.39, 0.29) is 30.5 Å². The highest BCUT2D eigenvalue weighted by Gasteiger charge is 2.35. The highest BCUT2D eigenvalue weighted by Crippen LogP contribution is 2.29. The number of benzene rings is 2. The van der Waals surface area contributed by atoms with Crippen LogP contribution in [0.1, 0.15) is 52.0 Å². The van der Waals surface area contributed by atoms with E-state index in [1.165, 1.54) is 4.90 Å². The van der Waals surface area contributed by atoms with Crippen molar-refractivity contribution in [2.24, 2.45) is 0 Å². The summed E-state index contributed by atoms with van der Waals surface area (Å²) < 4.78 is 1.98. The lowest BCUT2D eigenvalue weighted by molar-refractivity contribution is 0.0643. The van der Waals surface area contributed by atoms with Crippen molar-refractivity contribution in [3.8, 4) is 5.82 Å². The number of carbonyl (C=O) groups is 2. The molecule has 2 aromatic carbocycles. The van der Waals surface area contributed by atoms with Crippen LogP contribution in [0.5, 0.6) is 0 Å². The van der Waals surface area contributed by atoms with Crippen molar-refractivity contribution >= 4 is 28.7 Å². The number of anilines is 1. The summed E-state index contributed by atoms with van der Waals surface area (Å²) in [6.45, 7) is 0.206. The Balaban J connectivity index is 1.27. The van der Waals surface area contributed by atoms with Crippen LogP contribution in [0.4, 0.5) is 5.95 Å². The average Bonchev–Trinajstić information content (AvgIpc) is 3.42. The first-order valence-electron chi connectivity index (χ1n) is 11.9. The van der Waals surface area contributed by atoms with Gasteiger partial charge in [0.05, 0.1) is 29.3 Å². The Labute approximate surface area is 202 Å². The molecule has 8 nitrogen and oxygen atoms in total. The van der Waals surface area contributed by atoms with Crippen LogP contribution in [0.2, 0.25) is 0 Å². The van der Waals surface area contributed by atoms with Gasteiger partial charge >= 0.3 is 0 Å². The zero-order valence-corrected chi connectivity index (χ0v) is 19.1. The van der Waals surface area contributed by atoms with Gasteiger partial charge in [0, 0.05) is 23.8 Å². The lowest BCUT2D eigenvalue weighted by Crippen LogP contribution is -2.29. The number of hydrogen-bond donors (Lipinski definition) is 2. The first kappa shape index (κ1) is 21.5. The minimum absolute atomic E-state index is 0.206. The molecule has 0 spiro atoms. The second-order valence-corrected chi connectivity index (χ2v) is 9.17. The maximum absolute atomic E-state index is 12.9. The van der Waals surface area contributed by atoms with Gasteiger partial charge in [-0.2, -0.15) is 4.98 Å². The molecule has 8 heteroatoms. The molecule has 0 unspecified atom stereocenters. The highest BCUT2D eigenvalue weighted by atomic mass is 16.3. The maximum atomic E-state index is 12.9. The largest absolute Gasteiger partial charge is 0.393 e. The average molecular weight is 468 g/mol. The maximum Gasteiger partial charge on any atom is 0.261 e. The van der Waals surface area contributed by atoms with Gasteiger partial charge in [-0.15, -0.1) is 0 Å². The Hall–Kier alpha value is -4.04.